The van der Waals surface area contributed by atoms with Gasteiger partial charge in [-0.2, -0.15) is 0 Å². The molecule has 0 amide bonds. The molecular formula is C42H51F3. The van der Waals surface area contributed by atoms with Gasteiger partial charge in [0.1, 0.15) is 5.82 Å². The maximum absolute atomic E-state index is 15.4. The summed E-state index contributed by atoms with van der Waals surface area (Å²) in [5, 5.41) is 0. The van der Waals surface area contributed by atoms with Gasteiger partial charge in [-0.15, -0.1) is 6.58 Å². The van der Waals surface area contributed by atoms with E-state index in [1.807, 2.05) is 30.3 Å². The molecule has 5 rings (SSSR count). The number of unbranched alkanes of at least 4 members (excludes halogenated alkanes) is 5. The second-order valence-corrected chi connectivity index (χ2v) is 13.6. The van der Waals surface area contributed by atoms with Crippen LogP contribution in [0.3, 0.4) is 0 Å². The number of aryl methyl sites for hydroxylation is 1. The topological polar surface area (TPSA) is 0 Å². The van der Waals surface area contributed by atoms with Gasteiger partial charge in [-0.25, -0.2) is 13.2 Å². The van der Waals surface area contributed by atoms with Crippen molar-refractivity contribution in [1.29, 1.82) is 0 Å². The van der Waals surface area contributed by atoms with Crippen LogP contribution in [-0.2, 0) is 6.42 Å². The Labute approximate surface area is 269 Å². The molecule has 0 bridgehead atoms. The highest BCUT2D eigenvalue weighted by atomic mass is 19.2. The molecule has 0 saturated heterocycles. The van der Waals surface area contributed by atoms with Gasteiger partial charge in [-0.3, -0.25) is 0 Å². The van der Waals surface area contributed by atoms with E-state index in [1.54, 1.807) is 30.3 Å². The van der Waals surface area contributed by atoms with E-state index in [1.165, 1.54) is 51.4 Å². The average molecular weight is 613 g/mol. The van der Waals surface area contributed by atoms with Crippen LogP contribution in [0.4, 0.5) is 13.2 Å². The normalized spacial score (nSPS) is 20.2. The summed E-state index contributed by atoms with van der Waals surface area (Å²) in [4.78, 5) is 0. The van der Waals surface area contributed by atoms with Crippen LogP contribution in [0.2, 0.25) is 0 Å². The van der Waals surface area contributed by atoms with E-state index >= 15 is 8.78 Å². The summed E-state index contributed by atoms with van der Waals surface area (Å²) in [5.74, 6) is 0.681. The molecule has 240 valence electrons. The Morgan fingerprint density at radius 1 is 0.711 bits per heavy atom. The molecule has 2 aliphatic carbocycles. The van der Waals surface area contributed by atoms with E-state index in [0.29, 0.717) is 23.1 Å². The van der Waals surface area contributed by atoms with Crippen LogP contribution in [0.5, 0.6) is 0 Å². The third kappa shape index (κ3) is 8.60. The van der Waals surface area contributed by atoms with Gasteiger partial charge >= 0.3 is 0 Å². The largest absolute Gasteiger partial charge is 0.206 e. The summed E-state index contributed by atoms with van der Waals surface area (Å²) in [6.07, 6.45) is 22.5. The lowest BCUT2D eigenvalue weighted by Crippen LogP contribution is -2.23. The number of rotatable bonds is 14. The molecule has 3 aromatic carbocycles. The SMILES string of the molecule is C=CCCC1CCC(C2CC=C(c3ccc(-c4ccc(-c5ccc(CCCCCCCC)c(F)c5F)cc4)cc3F)CC2)CC1. The summed E-state index contributed by atoms with van der Waals surface area (Å²) < 4.78 is 45.4. The molecule has 0 heterocycles. The molecule has 0 N–H and O–H groups in total. The molecule has 2 aliphatic rings. The van der Waals surface area contributed by atoms with Crippen molar-refractivity contribution in [2.24, 2.45) is 17.8 Å². The monoisotopic (exact) mass is 612 g/mol. The van der Waals surface area contributed by atoms with E-state index in [0.717, 1.165) is 79.4 Å². The molecular weight excluding hydrogens is 561 g/mol. The van der Waals surface area contributed by atoms with E-state index in [-0.39, 0.29) is 11.4 Å². The fraction of sp³-hybridized carbons (Fsp3) is 0.476. The summed E-state index contributed by atoms with van der Waals surface area (Å²) in [7, 11) is 0. The number of allylic oxidation sites excluding steroid dienone is 3. The molecule has 1 saturated carbocycles. The zero-order valence-electron chi connectivity index (χ0n) is 27.2. The van der Waals surface area contributed by atoms with Crippen molar-refractivity contribution in [3.05, 3.63) is 102 Å². The third-order valence-electron chi connectivity index (χ3n) is 10.6. The van der Waals surface area contributed by atoms with Crippen molar-refractivity contribution in [2.75, 3.05) is 0 Å². The molecule has 3 heteroatoms. The maximum Gasteiger partial charge on any atom is 0.166 e. The van der Waals surface area contributed by atoms with Crippen LogP contribution in [0.1, 0.15) is 114 Å². The zero-order chi connectivity index (χ0) is 31.6. The Morgan fingerprint density at radius 2 is 1.40 bits per heavy atom. The number of halogens is 3. The minimum absolute atomic E-state index is 0.196. The van der Waals surface area contributed by atoms with Gasteiger partial charge in [0.05, 0.1) is 0 Å². The first-order valence-corrected chi connectivity index (χ1v) is 17.7. The zero-order valence-corrected chi connectivity index (χ0v) is 27.2. The van der Waals surface area contributed by atoms with Gasteiger partial charge in [0.2, 0.25) is 0 Å². The predicted molar refractivity (Wildman–Crippen MR) is 184 cm³/mol. The van der Waals surface area contributed by atoms with Gasteiger partial charge in [0.15, 0.2) is 11.6 Å². The van der Waals surface area contributed by atoms with Crippen LogP contribution in [0.15, 0.2) is 73.3 Å². The van der Waals surface area contributed by atoms with Crippen molar-refractivity contribution in [3.8, 4) is 22.3 Å². The van der Waals surface area contributed by atoms with Crippen LogP contribution < -0.4 is 0 Å². The van der Waals surface area contributed by atoms with E-state index in [4.69, 9.17) is 0 Å². The highest BCUT2D eigenvalue weighted by molar-refractivity contribution is 5.74. The molecule has 0 aromatic heterocycles. The van der Waals surface area contributed by atoms with Crippen molar-refractivity contribution in [3.63, 3.8) is 0 Å². The molecule has 0 spiro atoms. The first-order chi connectivity index (χ1) is 22.0. The Morgan fingerprint density at radius 3 is 2.09 bits per heavy atom. The highest BCUT2D eigenvalue weighted by Crippen LogP contribution is 2.42. The number of hydrogen-bond acceptors (Lipinski definition) is 0. The maximum atomic E-state index is 15.4. The Balaban J connectivity index is 1.18. The predicted octanol–water partition coefficient (Wildman–Crippen LogP) is 13.3. The van der Waals surface area contributed by atoms with Crippen molar-refractivity contribution >= 4 is 5.57 Å². The minimum atomic E-state index is -0.791. The van der Waals surface area contributed by atoms with Gasteiger partial charge in [0.25, 0.3) is 0 Å². The van der Waals surface area contributed by atoms with Crippen LogP contribution in [-0.4, -0.2) is 0 Å². The summed E-state index contributed by atoms with van der Waals surface area (Å²) >= 11 is 0. The highest BCUT2D eigenvalue weighted by Gasteiger charge is 2.29. The molecule has 0 aliphatic heterocycles. The third-order valence-corrected chi connectivity index (χ3v) is 10.6. The van der Waals surface area contributed by atoms with Gasteiger partial charge in [-0.1, -0.05) is 113 Å². The van der Waals surface area contributed by atoms with Crippen LogP contribution in [0.25, 0.3) is 27.8 Å². The Kier molecular flexibility index (Phi) is 12.2. The molecule has 1 atom stereocenters. The molecule has 0 nitrogen and oxygen atoms in total. The average Bonchev–Trinajstić information content (AvgIpc) is 3.07. The van der Waals surface area contributed by atoms with Crippen LogP contribution in [0, 0.1) is 35.2 Å². The summed E-state index contributed by atoms with van der Waals surface area (Å²) in [6, 6.07) is 16.2. The molecule has 45 heavy (non-hydrogen) atoms. The molecule has 1 fully saturated rings. The lowest BCUT2D eigenvalue weighted by Gasteiger charge is -2.35. The van der Waals surface area contributed by atoms with E-state index in [2.05, 4.69) is 19.6 Å². The van der Waals surface area contributed by atoms with Crippen molar-refractivity contribution < 1.29 is 13.2 Å². The number of benzene rings is 3. The summed E-state index contributed by atoms with van der Waals surface area (Å²) in [6.45, 7) is 6.06. The number of hydrogen-bond donors (Lipinski definition) is 0. The first-order valence-electron chi connectivity index (χ1n) is 17.7. The lowest BCUT2D eigenvalue weighted by atomic mass is 9.70. The van der Waals surface area contributed by atoms with Gasteiger partial charge in [0, 0.05) is 11.1 Å². The lowest BCUT2D eigenvalue weighted by molar-refractivity contribution is 0.190. The van der Waals surface area contributed by atoms with Crippen molar-refractivity contribution in [1.82, 2.24) is 0 Å². The fourth-order valence-electron chi connectivity index (χ4n) is 7.73. The van der Waals surface area contributed by atoms with Gasteiger partial charge < -0.3 is 0 Å². The molecule has 0 radical (unpaired) electrons. The van der Waals surface area contributed by atoms with E-state index in [9.17, 15) is 4.39 Å². The molecule has 3 aromatic rings. The Bertz CT molecular complexity index is 1430. The first kappa shape index (κ1) is 33.3. The van der Waals surface area contributed by atoms with E-state index < -0.39 is 11.6 Å². The van der Waals surface area contributed by atoms with Crippen LogP contribution >= 0.6 is 0 Å². The second-order valence-electron chi connectivity index (χ2n) is 13.6. The molecule has 1 unspecified atom stereocenters. The van der Waals surface area contributed by atoms with Crippen molar-refractivity contribution in [2.45, 2.75) is 110 Å². The fourth-order valence-corrected chi connectivity index (χ4v) is 7.73. The smallest absolute Gasteiger partial charge is 0.166 e. The minimum Gasteiger partial charge on any atom is -0.206 e. The summed E-state index contributed by atoms with van der Waals surface area (Å²) in [5.41, 5.74) is 4.80. The second kappa shape index (κ2) is 16.5. The Hall–Kier alpha value is -3.07. The quantitative estimate of drug-likeness (QED) is 0.125. The standard InChI is InChI=1S/C42H51F3/c1-3-5-7-8-9-10-12-36-25-28-39(42(45)41(36)44)35-23-19-33(20-24-35)37-26-27-38(40(43)29-37)34-21-17-32(18-22-34)31-15-13-30(14-16-31)11-6-4-2/h4,19-21,23-32H,2-3,5-18,22H2,1H3. The van der Waals surface area contributed by atoms with Gasteiger partial charge in [-0.05, 0) is 109 Å².